The summed E-state index contributed by atoms with van der Waals surface area (Å²) in [7, 11) is 0. The van der Waals surface area contributed by atoms with Gasteiger partial charge in [0.05, 0.1) is 12.3 Å². The van der Waals surface area contributed by atoms with Gasteiger partial charge in [-0.25, -0.2) is 4.39 Å². The van der Waals surface area contributed by atoms with Gasteiger partial charge in [0.2, 0.25) is 0 Å². The van der Waals surface area contributed by atoms with Crippen LogP contribution in [0.3, 0.4) is 0 Å². The molecule has 17 heavy (non-hydrogen) atoms. The van der Waals surface area contributed by atoms with E-state index in [1.807, 2.05) is 6.07 Å². The van der Waals surface area contributed by atoms with Crippen molar-refractivity contribution < 1.29 is 13.9 Å². The molecule has 88 valence electrons. The normalized spacial score (nSPS) is 10.2. The standard InChI is InChI=1S/C12H10FNO2S/c13-10-3-1-9(2-4-10)12-7-11(17-14-12)5-6-16-8-15/h1-4,7-8H,5-6H2. The molecular formula is C12H10FNO2S. The Hall–Kier alpha value is -1.75. The summed E-state index contributed by atoms with van der Waals surface area (Å²) in [5, 5.41) is 0. The summed E-state index contributed by atoms with van der Waals surface area (Å²) >= 11 is 1.36. The van der Waals surface area contributed by atoms with E-state index in [0.717, 1.165) is 16.1 Å². The SMILES string of the molecule is O=COCCc1cc(-c2ccc(F)cc2)ns1. The summed E-state index contributed by atoms with van der Waals surface area (Å²) in [4.78, 5) is 11.0. The zero-order valence-electron chi connectivity index (χ0n) is 8.93. The van der Waals surface area contributed by atoms with Crippen LogP contribution < -0.4 is 0 Å². The maximum Gasteiger partial charge on any atom is 0.293 e. The molecule has 0 radical (unpaired) electrons. The minimum Gasteiger partial charge on any atom is -0.468 e. The van der Waals surface area contributed by atoms with Crippen LogP contribution in [0.1, 0.15) is 4.88 Å². The summed E-state index contributed by atoms with van der Waals surface area (Å²) in [6.45, 7) is 0.788. The van der Waals surface area contributed by atoms with Gasteiger partial charge in [-0.1, -0.05) is 0 Å². The fourth-order valence-electron chi connectivity index (χ4n) is 1.40. The number of hydrogen-bond acceptors (Lipinski definition) is 4. The van der Waals surface area contributed by atoms with Crippen molar-refractivity contribution in [1.29, 1.82) is 0 Å². The summed E-state index contributed by atoms with van der Waals surface area (Å²) < 4.78 is 21.6. The molecule has 0 N–H and O–H groups in total. The molecule has 2 aromatic rings. The molecule has 2 rings (SSSR count). The topological polar surface area (TPSA) is 39.2 Å². The average Bonchev–Trinajstić information content (AvgIpc) is 2.79. The molecule has 0 amide bonds. The zero-order valence-corrected chi connectivity index (χ0v) is 9.74. The van der Waals surface area contributed by atoms with Crippen molar-refractivity contribution in [3.8, 4) is 11.3 Å². The van der Waals surface area contributed by atoms with E-state index >= 15 is 0 Å². The molecule has 0 spiro atoms. The maximum absolute atomic E-state index is 12.7. The molecule has 0 bridgehead atoms. The monoisotopic (exact) mass is 251 g/mol. The van der Waals surface area contributed by atoms with Crippen molar-refractivity contribution in [3.05, 3.63) is 41.0 Å². The van der Waals surface area contributed by atoms with Gasteiger partial charge in [0, 0.05) is 16.9 Å². The Labute approximate surface area is 102 Å². The first kappa shape index (κ1) is 11.7. The predicted octanol–water partition coefficient (Wildman–Crippen LogP) is 2.66. The van der Waals surface area contributed by atoms with Gasteiger partial charge >= 0.3 is 0 Å². The van der Waals surface area contributed by atoms with E-state index in [0.29, 0.717) is 19.5 Å². The lowest BCUT2D eigenvalue weighted by Crippen LogP contribution is -1.93. The lowest BCUT2D eigenvalue weighted by atomic mass is 10.1. The summed E-state index contributed by atoms with van der Waals surface area (Å²) in [5.41, 5.74) is 1.70. The zero-order chi connectivity index (χ0) is 12.1. The van der Waals surface area contributed by atoms with Gasteiger partial charge in [0.1, 0.15) is 5.82 Å². The summed E-state index contributed by atoms with van der Waals surface area (Å²) in [5.74, 6) is -0.261. The number of nitrogens with zero attached hydrogens (tertiary/aromatic N) is 1. The Bertz CT molecular complexity index is 495. The molecule has 5 heteroatoms. The first-order chi connectivity index (χ1) is 8.29. The largest absolute Gasteiger partial charge is 0.468 e. The molecule has 3 nitrogen and oxygen atoms in total. The molecule has 0 fully saturated rings. The smallest absolute Gasteiger partial charge is 0.293 e. The minimum atomic E-state index is -0.261. The third kappa shape index (κ3) is 3.10. The summed E-state index contributed by atoms with van der Waals surface area (Å²) in [6, 6.07) is 8.12. The Morgan fingerprint density at radius 2 is 2.12 bits per heavy atom. The van der Waals surface area contributed by atoms with Gasteiger partial charge in [0.15, 0.2) is 0 Å². The average molecular weight is 251 g/mol. The van der Waals surface area contributed by atoms with Crippen molar-refractivity contribution in [2.75, 3.05) is 6.61 Å². The highest BCUT2D eigenvalue weighted by Gasteiger charge is 2.04. The minimum absolute atomic E-state index is 0.261. The fraction of sp³-hybridized carbons (Fsp3) is 0.167. The van der Waals surface area contributed by atoms with Crippen LogP contribution in [0.25, 0.3) is 11.3 Å². The Balaban J connectivity index is 2.07. The molecule has 0 saturated carbocycles. The number of hydrogen-bond donors (Lipinski definition) is 0. The molecule has 0 aliphatic heterocycles. The van der Waals surface area contributed by atoms with E-state index in [1.165, 1.54) is 23.7 Å². The van der Waals surface area contributed by atoms with Crippen molar-refractivity contribution in [1.82, 2.24) is 4.37 Å². The van der Waals surface area contributed by atoms with Gasteiger partial charge in [-0.05, 0) is 41.9 Å². The van der Waals surface area contributed by atoms with Gasteiger partial charge in [-0.3, -0.25) is 4.79 Å². The number of carbonyl (C=O) groups excluding carboxylic acids is 1. The number of aromatic nitrogens is 1. The highest BCUT2D eigenvalue weighted by molar-refractivity contribution is 7.06. The number of carbonyl (C=O) groups is 1. The highest BCUT2D eigenvalue weighted by atomic mass is 32.1. The van der Waals surface area contributed by atoms with Gasteiger partial charge < -0.3 is 4.74 Å². The number of ether oxygens (including phenoxy) is 1. The molecule has 0 saturated heterocycles. The molecule has 1 aromatic heterocycles. The third-order valence-electron chi connectivity index (χ3n) is 2.23. The van der Waals surface area contributed by atoms with Crippen LogP contribution in [-0.2, 0) is 16.0 Å². The molecule has 0 aliphatic rings. The van der Waals surface area contributed by atoms with Crippen LogP contribution in [0.5, 0.6) is 0 Å². The molecule has 1 heterocycles. The van der Waals surface area contributed by atoms with Crippen molar-refractivity contribution in [3.63, 3.8) is 0 Å². The van der Waals surface area contributed by atoms with Crippen molar-refractivity contribution in [2.45, 2.75) is 6.42 Å². The van der Waals surface area contributed by atoms with E-state index in [1.54, 1.807) is 12.1 Å². The van der Waals surface area contributed by atoms with E-state index in [2.05, 4.69) is 9.11 Å². The molecule has 0 aliphatic carbocycles. The number of halogens is 1. The lowest BCUT2D eigenvalue weighted by Gasteiger charge is -1.95. The van der Waals surface area contributed by atoms with Gasteiger partial charge in [-0.2, -0.15) is 4.37 Å². The van der Waals surface area contributed by atoms with Crippen LogP contribution >= 0.6 is 11.5 Å². The first-order valence-electron chi connectivity index (χ1n) is 5.06. The quantitative estimate of drug-likeness (QED) is 0.605. The second kappa shape index (κ2) is 5.54. The Kier molecular flexibility index (Phi) is 3.82. The van der Waals surface area contributed by atoms with E-state index < -0.39 is 0 Å². The maximum atomic E-state index is 12.7. The second-order valence-corrected chi connectivity index (χ2v) is 4.29. The number of rotatable bonds is 5. The van der Waals surface area contributed by atoms with Crippen LogP contribution in [-0.4, -0.2) is 17.5 Å². The second-order valence-electron chi connectivity index (χ2n) is 3.40. The molecule has 0 unspecified atom stereocenters. The first-order valence-corrected chi connectivity index (χ1v) is 5.84. The van der Waals surface area contributed by atoms with Crippen molar-refractivity contribution in [2.24, 2.45) is 0 Å². The fourth-order valence-corrected chi connectivity index (χ4v) is 2.11. The number of benzene rings is 1. The Morgan fingerprint density at radius 3 is 2.82 bits per heavy atom. The van der Waals surface area contributed by atoms with Crippen LogP contribution in [0.4, 0.5) is 4.39 Å². The highest BCUT2D eigenvalue weighted by Crippen LogP contribution is 2.22. The summed E-state index contributed by atoms with van der Waals surface area (Å²) in [6.07, 6.45) is 0.650. The van der Waals surface area contributed by atoms with E-state index in [4.69, 9.17) is 0 Å². The molecule has 1 aromatic carbocycles. The Morgan fingerprint density at radius 1 is 1.35 bits per heavy atom. The van der Waals surface area contributed by atoms with Gasteiger partial charge in [-0.15, -0.1) is 0 Å². The van der Waals surface area contributed by atoms with Crippen molar-refractivity contribution >= 4 is 18.0 Å². The third-order valence-corrected chi connectivity index (χ3v) is 3.08. The van der Waals surface area contributed by atoms with Crippen LogP contribution in [0, 0.1) is 5.82 Å². The van der Waals surface area contributed by atoms with Gasteiger partial charge in [0.25, 0.3) is 6.47 Å². The van der Waals surface area contributed by atoms with E-state index in [-0.39, 0.29) is 5.82 Å². The van der Waals surface area contributed by atoms with Crippen LogP contribution in [0.15, 0.2) is 30.3 Å². The molecular weight excluding hydrogens is 241 g/mol. The van der Waals surface area contributed by atoms with Crippen LogP contribution in [0.2, 0.25) is 0 Å². The molecule has 0 atom stereocenters. The predicted molar refractivity (Wildman–Crippen MR) is 63.2 cm³/mol. The van der Waals surface area contributed by atoms with E-state index in [9.17, 15) is 9.18 Å². The lowest BCUT2D eigenvalue weighted by molar-refractivity contribution is -0.128.